The van der Waals surface area contributed by atoms with Crippen LogP contribution in [0.3, 0.4) is 0 Å². The fourth-order valence-electron chi connectivity index (χ4n) is 1.76. The number of carboxylic acids is 1. The molecule has 2 N–H and O–H groups in total. The number of aromatic nitrogens is 3. The molecular formula is C10H5BrClN3O2. The first-order valence-corrected chi connectivity index (χ1v) is 5.84. The zero-order chi connectivity index (χ0) is 12.2. The van der Waals surface area contributed by atoms with Crippen LogP contribution in [0.25, 0.3) is 16.8 Å². The zero-order valence-electron chi connectivity index (χ0n) is 8.24. The van der Waals surface area contributed by atoms with Crippen molar-refractivity contribution >= 4 is 50.3 Å². The molecule has 0 aliphatic carbocycles. The summed E-state index contributed by atoms with van der Waals surface area (Å²) in [5, 5.41) is 9.51. The molecule has 0 atom stereocenters. The number of para-hydroxylation sites is 1. The highest BCUT2D eigenvalue weighted by molar-refractivity contribution is 9.10. The number of aromatic carboxylic acids is 1. The van der Waals surface area contributed by atoms with Gasteiger partial charge in [-0.2, -0.15) is 0 Å². The number of rotatable bonds is 1. The van der Waals surface area contributed by atoms with E-state index in [0.717, 1.165) is 5.52 Å². The van der Waals surface area contributed by atoms with Crippen molar-refractivity contribution in [2.45, 2.75) is 0 Å². The van der Waals surface area contributed by atoms with Crippen molar-refractivity contribution in [3.05, 3.63) is 33.5 Å². The number of hydrogen-bond donors (Lipinski definition) is 2. The molecular weight excluding hydrogens is 309 g/mol. The Balaban J connectivity index is 2.50. The normalized spacial score (nSPS) is 11.4. The van der Waals surface area contributed by atoms with Crippen molar-refractivity contribution in [2.24, 2.45) is 0 Å². The molecule has 0 aliphatic rings. The Hall–Kier alpha value is -1.53. The minimum Gasteiger partial charge on any atom is -0.476 e. The fourth-order valence-corrected chi connectivity index (χ4v) is 2.60. The van der Waals surface area contributed by atoms with Crippen molar-refractivity contribution in [3.8, 4) is 0 Å². The van der Waals surface area contributed by atoms with Crippen LogP contribution in [0.4, 0.5) is 0 Å². The van der Waals surface area contributed by atoms with Crippen LogP contribution in [0.1, 0.15) is 10.5 Å². The van der Waals surface area contributed by atoms with Gasteiger partial charge < -0.3 is 10.1 Å². The van der Waals surface area contributed by atoms with Gasteiger partial charge in [0.25, 0.3) is 0 Å². The second-order valence-electron chi connectivity index (χ2n) is 3.47. The predicted octanol–water partition coefficient (Wildman–Crippen LogP) is 2.93. The summed E-state index contributed by atoms with van der Waals surface area (Å²) >= 11 is 9.26. The topological polar surface area (TPSA) is 70.4 Å². The second-order valence-corrected chi connectivity index (χ2v) is 4.63. The van der Waals surface area contributed by atoms with Crippen LogP contribution in [0, 0.1) is 0 Å². The minimum absolute atomic E-state index is 0.0642. The number of nitrogens with one attached hydrogen (secondary N) is 1. The maximum atomic E-state index is 11.0. The molecule has 3 aromatic rings. The lowest BCUT2D eigenvalue weighted by atomic mass is 10.3. The quantitative estimate of drug-likeness (QED) is 0.725. The third kappa shape index (κ3) is 1.37. The molecule has 0 saturated carbocycles. The summed E-state index contributed by atoms with van der Waals surface area (Å²) in [6.45, 7) is 0. The van der Waals surface area contributed by atoms with Gasteiger partial charge in [-0.15, -0.1) is 0 Å². The lowest BCUT2D eigenvalue weighted by Gasteiger charge is -1.94. The SMILES string of the molecule is O=C(O)c1[nH]c2nc3c(Cl)cccc3n2c1Br. The predicted molar refractivity (Wildman–Crippen MR) is 66.7 cm³/mol. The molecule has 86 valence electrons. The average Bonchev–Trinajstić information content (AvgIpc) is 2.78. The Kier molecular flexibility index (Phi) is 2.17. The van der Waals surface area contributed by atoms with Gasteiger partial charge in [0.1, 0.15) is 10.1 Å². The second kappa shape index (κ2) is 3.48. The molecule has 0 aliphatic heterocycles. The smallest absolute Gasteiger partial charge is 0.355 e. The number of imidazole rings is 2. The highest BCUT2D eigenvalue weighted by atomic mass is 79.9. The zero-order valence-corrected chi connectivity index (χ0v) is 10.6. The molecule has 0 radical (unpaired) electrons. The van der Waals surface area contributed by atoms with E-state index in [4.69, 9.17) is 16.7 Å². The van der Waals surface area contributed by atoms with Gasteiger partial charge in [-0.25, -0.2) is 9.78 Å². The molecule has 0 fully saturated rings. The van der Waals surface area contributed by atoms with E-state index in [2.05, 4.69) is 25.9 Å². The van der Waals surface area contributed by atoms with Gasteiger partial charge in [0, 0.05) is 0 Å². The van der Waals surface area contributed by atoms with Crippen LogP contribution in [0.5, 0.6) is 0 Å². The van der Waals surface area contributed by atoms with Crippen LogP contribution in [0.2, 0.25) is 5.02 Å². The van der Waals surface area contributed by atoms with Gasteiger partial charge in [0.05, 0.1) is 10.5 Å². The van der Waals surface area contributed by atoms with Crippen molar-refractivity contribution in [3.63, 3.8) is 0 Å². The largest absolute Gasteiger partial charge is 0.476 e. The van der Waals surface area contributed by atoms with Gasteiger partial charge in [-0.05, 0) is 28.1 Å². The number of aromatic amines is 1. The van der Waals surface area contributed by atoms with E-state index in [1.54, 1.807) is 16.5 Å². The standard InChI is InChI=1S/C10H5BrClN3O2/c11-8-7(9(16)17)14-10-13-6-4(12)2-1-3-5(6)15(8)10/h1-3H,(H,13,14)(H,16,17). The number of fused-ring (bicyclic) bond motifs is 3. The summed E-state index contributed by atoms with van der Waals surface area (Å²) in [6.07, 6.45) is 0. The summed E-state index contributed by atoms with van der Waals surface area (Å²) in [4.78, 5) is 18.0. The lowest BCUT2D eigenvalue weighted by molar-refractivity contribution is 0.0690. The Bertz CT molecular complexity index is 762. The third-order valence-electron chi connectivity index (χ3n) is 2.49. The minimum atomic E-state index is -1.04. The molecule has 0 amide bonds. The summed E-state index contributed by atoms with van der Waals surface area (Å²) in [6, 6.07) is 5.35. The van der Waals surface area contributed by atoms with E-state index in [9.17, 15) is 4.79 Å². The van der Waals surface area contributed by atoms with E-state index in [1.807, 2.05) is 6.07 Å². The number of hydrogen-bond acceptors (Lipinski definition) is 2. The van der Waals surface area contributed by atoms with Crippen molar-refractivity contribution in [1.82, 2.24) is 14.4 Å². The van der Waals surface area contributed by atoms with Crippen molar-refractivity contribution in [1.29, 1.82) is 0 Å². The molecule has 7 heteroatoms. The molecule has 17 heavy (non-hydrogen) atoms. The number of nitrogens with zero attached hydrogens (tertiary/aromatic N) is 2. The number of halogens is 2. The number of benzene rings is 1. The monoisotopic (exact) mass is 313 g/mol. The Morgan fingerprint density at radius 2 is 2.29 bits per heavy atom. The lowest BCUT2D eigenvalue weighted by Crippen LogP contribution is -1.97. The summed E-state index contributed by atoms with van der Waals surface area (Å²) in [5.41, 5.74) is 1.45. The first kappa shape index (κ1) is 10.6. The van der Waals surface area contributed by atoms with Gasteiger partial charge in [0.15, 0.2) is 5.69 Å². The Labute approximate surface area is 108 Å². The number of carboxylic acid groups (broad SMARTS) is 1. The van der Waals surface area contributed by atoms with Crippen LogP contribution in [-0.2, 0) is 0 Å². The van der Waals surface area contributed by atoms with Crippen LogP contribution in [-0.4, -0.2) is 25.4 Å². The number of carbonyl (C=O) groups is 1. The molecule has 0 unspecified atom stereocenters. The summed E-state index contributed by atoms with van der Waals surface area (Å²) in [7, 11) is 0. The summed E-state index contributed by atoms with van der Waals surface area (Å²) < 4.78 is 2.09. The molecule has 2 aromatic heterocycles. The molecule has 5 nitrogen and oxygen atoms in total. The van der Waals surface area contributed by atoms with Crippen LogP contribution in [0.15, 0.2) is 22.8 Å². The van der Waals surface area contributed by atoms with Crippen molar-refractivity contribution < 1.29 is 9.90 Å². The van der Waals surface area contributed by atoms with E-state index in [0.29, 0.717) is 20.9 Å². The number of H-pyrrole nitrogens is 1. The van der Waals surface area contributed by atoms with Crippen LogP contribution >= 0.6 is 27.5 Å². The highest BCUT2D eigenvalue weighted by Crippen LogP contribution is 2.28. The van der Waals surface area contributed by atoms with Crippen LogP contribution < -0.4 is 0 Å². The van der Waals surface area contributed by atoms with Gasteiger partial charge >= 0.3 is 5.97 Å². The molecule has 0 saturated heterocycles. The maximum absolute atomic E-state index is 11.0. The first-order valence-electron chi connectivity index (χ1n) is 4.67. The van der Waals surface area contributed by atoms with Crippen molar-refractivity contribution in [2.75, 3.05) is 0 Å². The van der Waals surface area contributed by atoms with Gasteiger partial charge in [0.2, 0.25) is 5.78 Å². The molecule has 1 aromatic carbocycles. The molecule has 2 heterocycles. The third-order valence-corrected chi connectivity index (χ3v) is 3.55. The van der Waals surface area contributed by atoms with E-state index < -0.39 is 5.97 Å². The summed E-state index contributed by atoms with van der Waals surface area (Å²) in [5.74, 6) is -0.602. The van der Waals surface area contributed by atoms with E-state index in [1.165, 1.54) is 0 Å². The Morgan fingerprint density at radius 3 is 3.00 bits per heavy atom. The molecule has 0 bridgehead atoms. The van der Waals surface area contributed by atoms with Gasteiger partial charge in [-0.3, -0.25) is 4.40 Å². The fraction of sp³-hybridized carbons (Fsp3) is 0. The Morgan fingerprint density at radius 1 is 1.53 bits per heavy atom. The molecule has 0 spiro atoms. The van der Waals surface area contributed by atoms with E-state index >= 15 is 0 Å². The van der Waals surface area contributed by atoms with E-state index in [-0.39, 0.29) is 5.69 Å². The average molecular weight is 315 g/mol. The highest BCUT2D eigenvalue weighted by Gasteiger charge is 2.19. The van der Waals surface area contributed by atoms with Gasteiger partial charge in [-0.1, -0.05) is 17.7 Å². The maximum Gasteiger partial charge on any atom is 0.355 e. The molecule has 3 rings (SSSR count). The first-order chi connectivity index (χ1) is 8.09.